The molecule has 3 nitrogen and oxygen atoms in total. The third-order valence-corrected chi connectivity index (χ3v) is 1.21. The van der Waals surface area contributed by atoms with E-state index in [1.165, 1.54) is 0 Å². The van der Waals surface area contributed by atoms with Crippen LogP contribution < -0.4 is 4.57 Å². The maximum atomic E-state index is 3.93. The summed E-state index contributed by atoms with van der Waals surface area (Å²) in [5.74, 6) is 0.887. The molecule has 1 N–H and O–H groups in total. The molecule has 0 aliphatic heterocycles. The summed E-state index contributed by atoms with van der Waals surface area (Å²) in [5, 5.41) is 6.67. The van der Waals surface area contributed by atoms with E-state index in [-0.39, 0.29) is 0 Å². The Kier molecular flexibility index (Phi) is 1.63. The van der Waals surface area contributed by atoms with E-state index < -0.39 is 0 Å². The van der Waals surface area contributed by atoms with Crippen LogP contribution in [0.25, 0.3) is 6.08 Å². The lowest BCUT2D eigenvalue weighted by Gasteiger charge is -1.85. The molecule has 1 aromatic heterocycles. The smallest absolute Gasteiger partial charge is 0.231 e. The summed E-state index contributed by atoms with van der Waals surface area (Å²) in [6, 6.07) is 0. The van der Waals surface area contributed by atoms with E-state index in [1.54, 1.807) is 6.08 Å². The van der Waals surface area contributed by atoms with Crippen LogP contribution in [0.3, 0.4) is 0 Å². The van der Waals surface area contributed by atoms with Crippen molar-refractivity contribution in [2.75, 3.05) is 0 Å². The second kappa shape index (κ2) is 2.44. The van der Waals surface area contributed by atoms with Crippen LogP contribution in [-0.2, 0) is 6.54 Å². The Bertz CT molecular complexity index is 202. The van der Waals surface area contributed by atoms with Crippen molar-refractivity contribution in [1.82, 2.24) is 10.2 Å². The summed E-state index contributed by atoms with van der Waals surface area (Å²) in [6.07, 6.45) is 3.54. The van der Waals surface area contributed by atoms with Gasteiger partial charge in [-0.25, -0.2) is 4.57 Å². The van der Waals surface area contributed by atoms with Gasteiger partial charge in [-0.15, -0.1) is 5.10 Å². The molecule has 48 valence electrons. The van der Waals surface area contributed by atoms with Crippen LogP contribution in [0.2, 0.25) is 0 Å². The standard InChI is InChI=1S/C6H9N3/c1-3-6-8-7-5-9(6)4-2/h3,5H,1,4H2,2H3/p+1. The number of nitrogens with one attached hydrogen (secondary N) is 1. The zero-order valence-corrected chi connectivity index (χ0v) is 5.46. The van der Waals surface area contributed by atoms with E-state index in [0.29, 0.717) is 0 Å². The second-order valence-electron chi connectivity index (χ2n) is 1.72. The predicted molar refractivity (Wildman–Crippen MR) is 34.5 cm³/mol. The summed E-state index contributed by atoms with van der Waals surface area (Å²) >= 11 is 0. The molecule has 1 aromatic rings. The molecule has 0 spiro atoms. The van der Waals surface area contributed by atoms with Crippen LogP contribution in [0.5, 0.6) is 0 Å². The Morgan fingerprint density at radius 2 is 2.78 bits per heavy atom. The van der Waals surface area contributed by atoms with Crippen molar-refractivity contribution < 1.29 is 4.57 Å². The lowest BCUT2D eigenvalue weighted by atomic mass is 10.5. The molecule has 1 heterocycles. The maximum absolute atomic E-state index is 3.93. The quantitative estimate of drug-likeness (QED) is 0.567. The molecular formula is C6H10N3+. The highest BCUT2D eigenvalue weighted by Crippen LogP contribution is 1.82. The van der Waals surface area contributed by atoms with E-state index in [9.17, 15) is 0 Å². The largest absolute Gasteiger partial charge is 0.300 e. The van der Waals surface area contributed by atoms with Gasteiger partial charge in [0, 0.05) is 11.2 Å². The SMILES string of the molecule is C=Cc1n[nH]c[n+]1CC. The summed E-state index contributed by atoms with van der Waals surface area (Å²) in [6.45, 7) is 6.59. The summed E-state index contributed by atoms with van der Waals surface area (Å²) in [5.41, 5.74) is 0. The number of rotatable bonds is 2. The third-order valence-electron chi connectivity index (χ3n) is 1.21. The first-order valence-corrected chi connectivity index (χ1v) is 2.94. The van der Waals surface area contributed by atoms with Crippen molar-refractivity contribution in [3.8, 4) is 0 Å². The first-order valence-electron chi connectivity index (χ1n) is 2.94. The minimum absolute atomic E-state index is 0.887. The number of aromatic amines is 1. The Labute approximate surface area is 54.0 Å². The average Bonchev–Trinajstić information content (AvgIpc) is 2.33. The molecule has 3 heteroatoms. The Morgan fingerprint density at radius 1 is 2.00 bits per heavy atom. The number of aromatic nitrogens is 3. The Balaban J connectivity index is 2.98. The number of H-pyrrole nitrogens is 1. The summed E-state index contributed by atoms with van der Waals surface area (Å²) in [7, 11) is 0. The molecule has 0 unspecified atom stereocenters. The minimum Gasteiger partial charge on any atom is -0.231 e. The lowest BCUT2D eigenvalue weighted by molar-refractivity contribution is -0.695. The predicted octanol–water partition coefficient (Wildman–Crippen LogP) is 0.360. The number of hydrogen-bond acceptors (Lipinski definition) is 1. The van der Waals surface area contributed by atoms with Gasteiger partial charge < -0.3 is 0 Å². The normalized spacial score (nSPS) is 9.44. The van der Waals surface area contributed by atoms with Gasteiger partial charge in [-0.3, -0.25) is 0 Å². The number of nitrogens with zero attached hydrogens (tertiary/aromatic N) is 2. The van der Waals surface area contributed by atoms with Gasteiger partial charge in [0.15, 0.2) is 0 Å². The Hall–Kier alpha value is -1.12. The summed E-state index contributed by atoms with van der Waals surface area (Å²) < 4.78 is 1.98. The van der Waals surface area contributed by atoms with Crippen LogP contribution >= 0.6 is 0 Å². The molecule has 9 heavy (non-hydrogen) atoms. The molecule has 0 radical (unpaired) electrons. The van der Waals surface area contributed by atoms with E-state index in [1.807, 2.05) is 10.9 Å². The van der Waals surface area contributed by atoms with Gasteiger partial charge in [-0.1, -0.05) is 6.58 Å². The van der Waals surface area contributed by atoms with Crippen LogP contribution in [0.1, 0.15) is 12.7 Å². The van der Waals surface area contributed by atoms with Crippen molar-refractivity contribution in [3.05, 3.63) is 18.7 Å². The van der Waals surface area contributed by atoms with Crippen molar-refractivity contribution in [3.63, 3.8) is 0 Å². The Morgan fingerprint density at radius 3 is 3.22 bits per heavy atom. The highest BCUT2D eigenvalue weighted by Gasteiger charge is 2.02. The molecule has 0 atom stereocenters. The van der Waals surface area contributed by atoms with Crippen molar-refractivity contribution in [1.29, 1.82) is 0 Å². The molecule has 0 aromatic carbocycles. The molecule has 0 saturated heterocycles. The number of hydrogen-bond donors (Lipinski definition) is 1. The van der Waals surface area contributed by atoms with Crippen LogP contribution in [0.15, 0.2) is 12.9 Å². The third kappa shape index (κ3) is 0.988. The van der Waals surface area contributed by atoms with Crippen molar-refractivity contribution >= 4 is 6.08 Å². The second-order valence-corrected chi connectivity index (χ2v) is 1.72. The first kappa shape index (κ1) is 6.01. The van der Waals surface area contributed by atoms with Gasteiger partial charge in [-0.05, 0) is 6.92 Å². The van der Waals surface area contributed by atoms with Crippen LogP contribution in [0.4, 0.5) is 0 Å². The molecule has 0 saturated carbocycles. The maximum Gasteiger partial charge on any atom is 0.300 e. The molecular weight excluding hydrogens is 114 g/mol. The molecule has 0 aliphatic carbocycles. The van der Waals surface area contributed by atoms with Gasteiger partial charge in [0.25, 0.3) is 0 Å². The monoisotopic (exact) mass is 124 g/mol. The average molecular weight is 124 g/mol. The van der Waals surface area contributed by atoms with Crippen LogP contribution in [-0.4, -0.2) is 10.2 Å². The highest BCUT2D eigenvalue weighted by molar-refractivity contribution is 5.30. The zero-order chi connectivity index (χ0) is 6.69. The van der Waals surface area contributed by atoms with E-state index >= 15 is 0 Å². The highest BCUT2D eigenvalue weighted by atomic mass is 15.2. The lowest BCUT2D eigenvalue weighted by Crippen LogP contribution is -2.32. The van der Waals surface area contributed by atoms with Gasteiger partial charge in [0.05, 0.1) is 6.54 Å². The number of aryl methyl sites for hydroxylation is 1. The fourth-order valence-electron chi connectivity index (χ4n) is 0.711. The van der Waals surface area contributed by atoms with E-state index in [0.717, 1.165) is 12.4 Å². The molecule has 0 bridgehead atoms. The summed E-state index contributed by atoms with van der Waals surface area (Å²) in [4.78, 5) is 0. The molecule has 0 fully saturated rings. The van der Waals surface area contributed by atoms with Crippen molar-refractivity contribution in [2.24, 2.45) is 0 Å². The van der Waals surface area contributed by atoms with Crippen molar-refractivity contribution in [2.45, 2.75) is 13.5 Å². The molecule has 0 aliphatic rings. The van der Waals surface area contributed by atoms with E-state index in [4.69, 9.17) is 0 Å². The fourth-order valence-corrected chi connectivity index (χ4v) is 0.711. The molecule has 0 amide bonds. The zero-order valence-electron chi connectivity index (χ0n) is 5.46. The fraction of sp³-hybridized carbons (Fsp3) is 0.333. The first-order chi connectivity index (χ1) is 4.38. The minimum atomic E-state index is 0.887. The van der Waals surface area contributed by atoms with E-state index in [2.05, 4.69) is 23.7 Å². The van der Waals surface area contributed by atoms with Gasteiger partial charge >= 0.3 is 5.82 Å². The molecule has 1 rings (SSSR count). The van der Waals surface area contributed by atoms with Gasteiger partial charge in [-0.2, -0.15) is 0 Å². The topological polar surface area (TPSA) is 32.6 Å². The van der Waals surface area contributed by atoms with Crippen LogP contribution in [0, 0.1) is 0 Å². The van der Waals surface area contributed by atoms with Gasteiger partial charge in [0.2, 0.25) is 6.33 Å². The van der Waals surface area contributed by atoms with Gasteiger partial charge in [0.1, 0.15) is 0 Å².